The number of carbonyl (C=O) groups excluding carboxylic acids is 1. The lowest BCUT2D eigenvalue weighted by Gasteiger charge is -2.05. The molecule has 4 nitrogen and oxygen atoms in total. The minimum atomic E-state index is -0.646. The van der Waals surface area contributed by atoms with E-state index in [1.165, 1.54) is 11.6 Å². The molecular formula is C22H18N2O2. The van der Waals surface area contributed by atoms with Crippen molar-refractivity contribution in [3.63, 3.8) is 0 Å². The summed E-state index contributed by atoms with van der Waals surface area (Å²) >= 11 is 0. The molecule has 0 fully saturated rings. The quantitative estimate of drug-likeness (QED) is 0.290. The van der Waals surface area contributed by atoms with Crippen molar-refractivity contribution in [2.45, 2.75) is 6.54 Å². The highest BCUT2D eigenvalue weighted by atomic mass is 16.5. The molecule has 0 unspecified atom stereocenters. The van der Waals surface area contributed by atoms with E-state index in [4.69, 9.17) is 4.74 Å². The largest absolute Gasteiger partial charge is 0.457 e. The second kappa shape index (κ2) is 8.00. The van der Waals surface area contributed by atoms with Crippen molar-refractivity contribution >= 4 is 22.9 Å². The molecular weight excluding hydrogens is 324 g/mol. The Bertz CT molecular complexity index is 1010. The van der Waals surface area contributed by atoms with E-state index in [1.807, 2.05) is 54.7 Å². The molecule has 2 aromatic carbocycles. The highest BCUT2D eigenvalue weighted by molar-refractivity contribution is 6.01. The molecule has 3 rings (SSSR count). The van der Waals surface area contributed by atoms with Gasteiger partial charge in [-0.1, -0.05) is 61.2 Å². The fourth-order valence-corrected chi connectivity index (χ4v) is 2.81. The van der Waals surface area contributed by atoms with Crippen LogP contribution in [0.2, 0.25) is 0 Å². The lowest BCUT2D eigenvalue weighted by Crippen LogP contribution is -2.06. The molecule has 0 saturated carbocycles. The van der Waals surface area contributed by atoms with Gasteiger partial charge in [0.25, 0.3) is 0 Å². The van der Waals surface area contributed by atoms with Gasteiger partial charge in [-0.2, -0.15) is 5.26 Å². The predicted octanol–water partition coefficient (Wildman–Crippen LogP) is 4.33. The van der Waals surface area contributed by atoms with E-state index >= 15 is 0 Å². The van der Waals surface area contributed by atoms with Crippen molar-refractivity contribution in [2.24, 2.45) is 0 Å². The molecule has 0 radical (unpaired) electrons. The van der Waals surface area contributed by atoms with Gasteiger partial charge >= 0.3 is 5.97 Å². The summed E-state index contributed by atoms with van der Waals surface area (Å²) in [6, 6.07) is 20.0. The Morgan fingerprint density at radius 3 is 2.62 bits per heavy atom. The fourth-order valence-electron chi connectivity index (χ4n) is 2.81. The zero-order valence-corrected chi connectivity index (χ0v) is 14.3. The molecule has 0 aliphatic rings. The third-order valence-electron chi connectivity index (χ3n) is 3.99. The molecule has 0 saturated heterocycles. The molecule has 0 N–H and O–H groups in total. The summed E-state index contributed by atoms with van der Waals surface area (Å²) in [7, 11) is 0. The fraction of sp³-hybridized carbons (Fsp3) is 0.0909. The first-order chi connectivity index (χ1) is 12.7. The highest BCUT2D eigenvalue weighted by Gasteiger charge is 2.13. The first kappa shape index (κ1) is 17.2. The van der Waals surface area contributed by atoms with Crippen molar-refractivity contribution in [3.05, 3.63) is 90.1 Å². The zero-order valence-electron chi connectivity index (χ0n) is 14.3. The summed E-state index contributed by atoms with van der Waals surface area (Å²) in [5, 5.41) is 10.3. The molecule has 0 amide bonds. The molecule has 3 aromatic rings. The number of nitrogens with zero attached hydrogens (tertiary/aromatic N) is 2. The van der Waals surface area contributed by atoms with Crippen LogP contribution in [0.25, 0.3) is 17.0 Å². The predicted molar refractivity (Wildman–Crippen MR) is 102 cm³/mol. The van der Waals surface area contributed by atoms with Gasteiger partial charge in [0.2, 0.25) is 0 Å². The van der Waals surface area contributed by atoms with Crippen LogP contribution in [0.15, 0.2) is 79.0 Å². The Hall–Kier alpha value is -3.58. The highest BCUT2D eigenvalue weighted by Crippen LogP contribution is 2.24. The lowest BCUT2D eigenvalue weighted by molar-refractivity contribution is -0.137. The van der Waals surface area contributed by atoms with Gasteiger partial charge in [0.15, 0.2) is 0 Å². The Kier molecular flexibility index (Phi) is 5.31. The molecule has 4 heteroatoms. The van der Waals surface area contributed by atoms with Gasteiger partial charge in [0.1, 0.15) is 18.2 Å². The summed E-state index contributed by atoms with van der Waals surface area (Å²) in [5.41, 5.74) is 2.99. The van der Waals surface area contributed by atoms with Crippen LogP contribution in [0.4, 0.5) is 0 Å². The molecule has 0 bridgehead atoms. The first-order valence-electron chi connectivity index (χ1n) is 8.24. The number of ether oxygens (including phenoxy) is 1. The van der Waals surface area contributed by atoms with Gasteiger partial charge in [-0.3, -0.25) is 0 Å². The van der Waals surface area contributed by atoms with Crippen LogP contribution in [0, 0.1) is 11.3 Å². The number of hydrogen-bond acceptors (Lipinski definition) is 3. The maximum absolute atomic E-state index is 12.0. The number of para-hydroxylation sites is 1. The van der Waals surface area contributed by atoms with E-state index < -0.39 is 5.97 Å². The van der Waals surface area contributed by atoms with Crippen LogP contribution in [0.1, 0.15) is 11.1 Å². The summed E-state index contributed by atoms with van der Waals surface area (Å²) in [5.74, 6) is -0.646. The summed E-state index contributed by atoms with van der Waals surface area (Å²) < 4.78 is 7.09. The standard InChI is InChI=1S/C22H18N2O2/c1-2-12-26-22(25)18(14-23)13-19-16-24(15-17-8-4-3-5-9-17)21-11-7-6-10-20(19)21/h2-11,13,16H,1,12,15H2/b18-13+. The summed E-state index contributed by atoms with van der Waals surface area (Å²) in [6.07, 6.45) is 5.00. The average molecular weight is 342 g/mol. The molecule has 0 spiro atoms. The van der Waals surface area contributed by atoms with Crippen molar-refractivity contribution in [1.29, 1.82) is 5.26 Å². The third kappa shape index (κ3) is 3.73. The van der Waals surface area contributed by atoms with Crippen LogP contribution in [0.3, 0.4) is 0 Å². The molecule has 0 aliphatic heterocycles. The second-order valence-corrected chi connectivity index (χ2v) is 5.77. The normalized spacial score (nSPS) is 11.1. The van der Waals surface area contributed by atoms with Crippen LogP contribution in [-0.4, -0.2) is 17.1 Å². The van der Waals surface area contributed by atoms with E-state index in [-0.39, 0.29) is 12.2 Å². The molecule has 128 valence electrons. The van der Waals surface area contributed by atoms with E-state index in [0.717, 1.165) is 16.5 Å². The second-order valence-electron chi connectivity index (χ2n) is 5.77. The third-order valence-corrected chi connectivity index (χ3v) is 3.99. The smallest absolute Gasteiger partial charge is 0.349 e. The number of esters is 1. The van der Waals surface area contributed by atoms with Crippen LogP contribution < -0.4 is 0 Å². The van der Waals surface area contributed by atoms with Gasteiger partial charge in [-0.15, -0.1) is 0 Å². The monoisotopic (exact) mass is 342 g/mol. The van der Waals surface area contributed by atoms with Crippen molar-refractivity contribution in [2.75, 3.05) is 6.61 Å². The van der Waals surface area contributed by atoms with Crippen LogP contribution >= 0.6 is 0 Å². The first-order valence-corrected chi connectivity index (χ1v) is 8.24. The van der Waals surface area contributed by atoms with E-state index in [0.29, 0.717) is 6.54 Å². The minimum absolute atomic E-state index is 0.0329. The Labute approximate surface area is 152 Å². The van der Waals surface area contributed by atoms with Gasteiger partial charge in [0.05, 0.1) is 0 Å². The maximum Gasteiger partial charge on any atom is 0.349 e. The van der Waals surface area contributed by atoms with Gasteiger partial charge < -0.3 is 9.30 Å². The molecule has 0 aliphatic carbocycles. The van der Waals surface area contributed by atoms with Crippen molar-refractivity contribution in [1.82, 2.24) is 4.57 Å². The number of aromatic nitrogens is 1. The Morgan fingerprint density at radius 2 is 1.88 bits per heavy atom. The average Bonchev–Trinajstić information content (AvgIpc) is 3.02. The Morgan fingerprint density at radius 1 is 1.15 bits per heavy atom. The summed E-state index contributed by atoms with van der Waals surface area (Å²) in [6.45, 7) is 4.29. The molecule has 0 atom stereocenters. The van der Waals surface area contributed by atoms with Crippen molar-refractivity contribution in [3.8, 4) is 6.07 Å². The number of rotatable bonds is 6. The number of nitriles is 1. The van der Waals surface area contributed by atoms with Crippen LogP contribution in [0.5, 0.6) is 0 Å². The number of fused-ring (bicyclic) bond motifs is 1. The van der Waals surface area contributed by atoms with E-state index in [1.54, 1.807) is 6.08 Å². The van der Waals surface area contributed by atoms with Crippen molar-refractivity contribution < 1.29 is 9.53 Å². The van der Waals surface area contributed by atoms with Gasteiger partial charge in [-0.05, 0) is 17.7 Å². The molecule has 1 heterocycles. The number of carbonyl (C=O) groups is 1. The lowest BCUT2D eigenvalue weighted by atomic mass is 10.1. The van der Waals surface area contributed by atoms with Gasteiger partial charge in [-0.25, -0.2) is 4.79 Å². The van der Waals surface area contributed by atoms with Gasteiger partial charge in [0, 0.05) is 29.2 Å². The topological polar surface area (TPSA) is 55.0 Å². The Balaban J connectivity index is 2.01. The van der Waals surface area contributed by atoms with Crippen LogP contribution in [-0.2, 0) is 16.1 Å². The molecule has 1 aromatic heterocycles. The molecule has 26 heavy (non-hydrogen) atoms. The van der Waals surface area contributed by atoms with E-state index in [2.05, 4.69) is 23.3 Å². The zero-order chi connectivity index (χ0) is 18.4. The van der Waals surface area contributed by atoms with E-state index in [9.17, 15) is 10.1 Å². The number of benzene rings is 2. The minimum Gasteiger partial charge on any atom is -0.457 e. The SMILES string of the molecule is C=CCOC(=O)/C(C#N)=C/c1cn(Cc2ccccc2)c2ccccc12. The summed E-state index contributed by atoms with van der Waals surface area (Å²) in [4.78, 5) is 12.0. The number of hydrogen-bond donors (Lipinski definition) is 0. The maximum atomic E-state index is 12.0.